The van der Waals surface area contributed by atoms with E-state index in [-0.39, 0.29) is 0 Å². The van der Waals surface area contributed by atoms with Crippen LogP contribution in [0.1, 0.15) is 31.1 Å². The Hall–Kier alpha value is -2.32. The minimum Gasteiger partial charge on any atom is -0.467 e. The third-order valence-corrected chi connectivity index (χ3v) is 6.31. The quantitative estimate of drug-likeness (QED) is 0.560. The van der Waals surface area contributed by atoms with Crippen LogP contribution in [0, 0.1) is 0 Å². The molecule has 8 heteroatoms. The van der Waals surface area contributed by atoms with Crippen molar-refractivity contribution in [1.29, 1.82) is 0 Å². The monoisotopic (exact) mass is 390 g/mol. The van der Waals surface area contributed by atoms with Crippen LogP contribution >= 0.6 is 0 Å². The van der Waals surface area contributed by atoms with Gasteiger partial charge in [0.1, 0.15) is 5.76 Å². The van der Waals surface area contributed by atoms with Crippen LogP contribution in [0.4, 0.5) is 0 Å². The van der Waals surface area contributed by atoms with Gasteiger partial charge in [0, 0.05) is 19.6 Å². The van der Waals surface area contributed by atoms with E-state index in [1.807, 2.05) is 31.2 Å². The molecule has 1 aromatic heterocycles. The predicted molar refractivity (Wildman–Crippen MR) is 105 cm³/mol. The summed E-state index contributed by atoms with van der Waals surface area (Å²) >= 11 is 0. The first kappa shape index (κ1) is 19.4. The molecule has 0 saturated carbocycles. The maximum absolute atomic E-state index is 12.6. The lowest BCUT2D eigenvalue weighted by Gasteiger charge is -2.15. The van der Waals surface area contributed by atoms with E-state index in [1.54, 1.807) is 22.7 Å². The minimum absolute atomic E-state index is 0.347. The summed E-state index contributed by atoms with van der Waals surface area (Å²) in [5.74, 6) is 1.51. The zero-order chi connectivity index (χ0) is 19.1. The molecule has 146 valence electrons. The molecule has 1 aromatic carbocycles. The number of benzene rings is 1. The van der Waals surface area contributed by atoms with Gasteiger partial charge in [-0.05, 0) is 49.6 Å². The number of hydrogen-bond donors (Lipinski definition) is 2. The second kappa shape index (κ2) is 9.05. The average molecular weight is 391 g/mol. The molecule has 1 aliphatic rings. The summed E-state index contributed by atoms with van der Waals surface area (Å²) in [6.45, 7) is 4.98. The first-order valence-corrected chi connectivity index (χ1v) is 10.7. The van der Waals surface area contributed by atoms with Gasteiger partial charge >= 0.3 is 0 Å². The van der Waals surface area contributed by atoms with Crippen LogP contribution < -0.4 is 10.6 Å². The highest BCUT2D eigenvalue weighted by atomic mass is 32.2. The van der Waals surface area contributed by atoms with E-state index in [1.165, 1.54) is 0 Å². The zero-order valence-electron chi connectivity index (χ0n) is 15.5. The number of nitrogens with zero attached hydrogens (tertiary/aromatic N) is 2. The van der Waals surface area contributed by atoms with Gasteiger partial charge in [0.05, 0.1) is 24.2 Å². The molecule has 1 fully saturated rings. The van der Waals surface area contributed by atoms with E-state index < -0.39 is 10.0 Å². The molecule has 2 N–H and O–H groups in total. The topological polar surface area (TPSA) is 86.9 Å². The van der Waals surface area contributed by atoms with Crippen LogP contribution in [0.3, 0.4) is 0 Å². The van der Waals surface area contributed by atoms with Crippen LogP contribution in [0.15, 0.2) is 57.0 Å². The largest absolute Gasteiger partial charge is 0.467 e. The Kier molecular flexibility index (Phi) is 6.52. The summed E-state index contributed by atoms with van der Waals surface area (Å²) in [4.78, 5) is 4.89. The van der Waals surface area contributed by atoms with Crippen LogP contribution in [-0.4, -0.2) is 38.3 Å². The number of furan rings is 1. The van der Waals surface area contributed by atoms with Crippen molar-refractivity contribution >= 4 is 16.0 Å². The Labute approximate surface area is 160 Å². The maximum atomic E-state index is 12.6. The summed E-state index contributed by atoms with van der Waals surface area (Å²) in [6.07, 6.45) is 3.51. The molecule has 0 unspecified atom stereocenters. The Bertz CT molecular complexity index is 840. The molecule has 7 nitrogen and oxygen atoms in total. The van der Waals surface area contributed by atoms with Crippen molar-refractivity contribution in [2.45, 2.75) is 37.8 Å². The van der Waals surface area contributed by atoms with Crippen molar-refractivity contribution in [3.05, 3.63) is 54.0 Å². The number of nitrogens with one attached hydrogen (secondary N) is 2. The molecule has 3 rings (SSSR count). The van der Waals surface area contributed by atoms with Gasteiger partial charge in [-0.3, -0.25) is 0 Å². The van der Waals surface area contributed by atoms with Gasteiger partial charge in [-0.15, -0.1) is 0 Å². The number of aliphatic imine (C=N–C) groups is 1. The Balaban J connectivity index is 1.62. The lowest BCUT2D eigenvalue weighted by molar-refractivity contribution is 0.477. The molecule has 2 aromatic rings. The normalized spacial score (nSPS) is 15.8. The number of rotatable bonds is 7. The maximum Gasteiger partial charge on any atom is 0.243 e. The smallest absolute Gasteiger partial charge is 0.243 e. The highest BCUT2D eigenvalue weighted by molar-refractivity contribution is 7.89. The van der Waals surface area contributed by atoms with E-state index in [9.17, 15) is 8.42 Å². The van der Waals surface area contributed by atoms with E-state index in [4.69, 9.17) is 4.42 Å². The fraction of sp³-hybridized carbons (Fsp3) is 0.421. The van der Waals surface area contributed by atoms with Crippen LogP contribution in [0.2, 0.25) is 0 Å². The van der Waals surface area contributed by atoms with Gasteiger partial charge < -0.3 is 15.1 Å². The summed E-state index contributed by atoms with van der Waals surface area (Å²) in [5, 5.41) is 6.39. The highest BCUT2D eigenvalue weighted by Gasteiger charge is 2.26. The van der Waals surface area contributed by atoms with Gasteiger partial charge in [0.2, 0.25) is 10.0 Å². The Morgan fingerprint density at radius 2 is 1.89 bits per heavy atom. The first-order valence-electron chi connectivity index (χ1n) is 9.23. The zero-order valence-corrected chi connectivity index (χ0v) is 16.3. The van der Waals surface area contributed by atoms with Crippen molar-refractivity contribution in [2.24, 2.45) is 4.99 Å². The first-order chi connectivity index (χ1) is 13.1. The Morgan fingerprint density at radius 3 is 2.52 bits per heavy atom. The molecule has 1 saturated heterocycles. The molecule has 0 amide bonds. The molecule has 0 radical (unpaired) electrons. The average Bonchev–Trinajstić information content (AvgIpc) is 3.38. The fourth-order valence-electron chi connectivity index (χ4n) is 2.94. The number of guanidine groups is 1. The van der Waals surface area contributed by atoms with Crippen molar-refractivity contribution < 1.29 is 12.8 Å². The van der Waals surface area contributed by atoms with Crippen LogP contribution in [0.25, 0.3) is 0 Å². The highest BCUT2D eigenvalue weighted by Crippen LogP contribution is 2.21. The molecular formula is C19H26N4O3S. The van der Waals surface area contributed by atoms with E-state index >= 15 is 0 Å². The summed E-state index contributed by atoms with van der Waals surface area (Å²) < 4.78 is 32.0. The lowest BCUT2D eigenvalue weighted by Crippen LogP contribution is -2.36. The molecule has 0 atom stereocenters. The summed E-state index contributed by atoms with van der Waals surface area (Å²) in [6, 6.07) is 10.7. The van der Waals surface area contributed by atoms with Gasteiger partial charge in [-0.25, -0.2) is 13.4 Å². The predicted octanol–water partition coefficient (Wildman–Crippen LogP) is 2.32. The van der Waals surface area contributed by atoms with E-state index in [2.05, 4.69) is 15.6 Å². The molecular weight excluding hydrogens is 364 g/mol. The van der Waals surface area contributed by atoms with Crippen LogP contribution in [-0.2, 0) is 23.1 Å². The van der Waals surface area contributed by atoms with Crippen molar-refractivity contribution in [3.8, 4) is 0 Å². The van der Waals surface area contributed by atoms with Crippen molar-refractivity contribution in [2.75, 3.05) is 19.6 Å². The van der Waals surface area contributed by atoms with E-state index in [0.29, 0.717) is 37.0 Å². The second-order valence-electron chi connectivity index (χ2n) is 6.38. The summed E-state index contributed by atoms with van der Waals surface area (Å²) in [5.41, 5.74) is 0.950. The molecule has 1 aliphatic heterocycles. The SMILES string of the molecule is CCNC(=NCc1ccc(S(=O)(=O)N2CCCC2)cc1)NCc1ccco1. The molecule has 0 spiro atoms. The van der Waals surface area contributed by atoms with Gasteiger partial charge in [0.15, 0.2) is 5.96 Å². The fourth-order valence-corrected chi connectivity index (χ4v) is 4.46. The number of hydrogen-bond acceptors (Lipinski definition) is 4. The van der Waals surface area contributed by atoms with Crippen molar-refractivity contribution in [1.82, 2.24) is 14.9 Å². The van der Waals surface area contributed by atoms with Crippen molar-refractivity contribution in [3.63, 3.8) is 0 Å². The van der Waals surface area contributed by atoms with Gasteiger partial charge in [-0.2, -0.15) is 4.31 Å². The number of sulfonamides is 1. The third kappa shape index (κ3) is 5.11. The van der Waals surface area contributed by atoms with E-state index in [0.717, 1.165) is 30.7 Å². The van der Waals surface area contributed by atoms with Gasteiger partial charge in [0.25, 0.3) is 0 Å². The standard InChI is InChI=1S/C19H26N4O3S/c1-2-20-19(22-15-17-6-5-13-26-17)21-14-16-7-9-18(10-8-16)27(24,25)23-11-3-4-12-23/h5-10,13H,2-4,11-12,14-15H2,1H3,(H2,20,21,22). The molecule has 2 heterocycles. The lowest BCUT2D eigenvalue weighted by atomic mass is 10.2. The van der Waals surface area contributed by atoms with Gasteiger partial charge in [-0.1, -0.05) is 12.1 Å². The molecule has 27 heavy (non-hydrogen) atoms. The third-order valence-electron chi connectivity index (χ3n) is 4.40. The molecule has 0 bridgehead atoms. The summed E-state index contributed by atoms with van der Waals surface area (Å²) in [7, 11) is -3.37. The second-order valence-corrected chi connectivity index (χ2v) is 8.32. The minimum atomic E-state index is -3.37. The van der Waals surface area contributed by atoms with Crippen LogP contribution in [0.5, 0.6) is 0 Å². The molecule has 0 aliphatic carbocycles. The Morgan fingerprint density at radius 1 is 1.15 bits per heavy atom.